The van der Waals surface area contributed by atoms with Crippen LogP contribution in [0.3, 0.4) is 0 Å². The van der Waals surface area contributed by atoms with E-state index in [2.05, 4.69) is 4.90 Å². The summed E-state index contributed by atoms with van der Waals surface area (Å²) in [6, 6.07) is 4.95. The standard InChI is InChI=1S/C14H20ClN3O2.ClH/c1-10(16)11-4-6-17(7-5-11)9-12-8-13(15)2-3-14(12)18(19)20;/h2-3,8,10-11H,4-7,9,16H2,1H3;1H. The molecule has 1 fully saturated rings. The normalized spacial score (nSPS) is 18.0. The first kappa shape index (κ1) is 18.2. The van der Waals surface area contributed by atoms with Crippen LogP contribution in [0.5, 0.6) is 0 Å². The lowest BCUT2D eigenvalue weighted by Gasteiger charge is -2.33. The second-order valence-corrected chi connectivity index (χ2v) is 5.94. The fraction of sp³-hybridized carbons (Fsp3) is 0.571. The van der Waals surface area contributed by atoms with Crippen molar-refractivity contribution < 1.29 is 4.92 Å². The molecule has 1 heterocycles. The van der Waals surface area contributed by atoms with E-state index in [1.807, 2.05) is 6.92 Å². The van der Waals surface area contributed by atoms with Gasteiger partial charge in [0.2, 0.25) is 0 Å². The van der Waals surface area contributed by atoms with E-state index in [1.165, 1.54) is 6.07 Å². The minimum absolute atomic E-state index is 0. The molecule has 5 nitrogen and oxygen atoms in total. The van der Waals surface area contributed by atoms with Crippen LogP contribution >= 0.6 is 24.0 Å². The highest BCUT2D eigenvalue weighted by Crippen LogP contribution is 2.26. The van der Waals surface area contributed by atoms with Crippen molar-refractivity contribution >= 4 is 29.7 Å². The average Bonchev–Trinajstić information content (AvgIpc) is 2.39. The molecule has 21 heavy (non-hydrogen) atoms. The first-order valence-electron chi connectivity index (χ1n) is 6.88. The van der Waals surface area contributed by atoms with Crippen LogP contribution in [-0.4, -0.2) is 29.0 Å². The zero-order valence-corrected chi connectivity index (χ0v) is 13.6. The first-order chi connectivity index (χ1) is 9.47. The van der Waals surface area contributed by atoms with Crippen LogP contribution in [0.25, 0.3) is 0 Å². The number of nitro groups is 1. The third-order valence-corrected chi connectivity index (χ3v) is 4.24. The summed E-state index contributed by atoms with van der Waals surface area (Å²) in [7, 11) is 0. The molecular formula is C14H21Cl2N3O2. The van der Waals surface area contributed by atoms with Crippen LogP contribution in [0.1, 0.15) is 25.3 Å². The van der Waals surface area contributed by atoms with Gasteiger partial charge in [0.15, 0.2) is 0 Å². The molecule has 1 unspecified atom stereocenters. The fourth-order valence-corrected chi connectivity index (χ4v) is 2.93. The molecule has 0 spiro atoms. The molecule has 2 rings (SSSR count). The Kier molecular flexibility index (Phi) is 6.87. The molecule has 1 aromatic rings. The summed E-state index contributed by atoms with van der Waals surface area (Å²) in [5, 5.41) is 11.6. The highest BCUT2D eigenvalue weighted by Gasteiger charge is 2.24. The van der Waals surface area contributed by atoms with Gasteiger partial charge in [0.25, 0.3) is 5.69 Å². The Morgan fingerprint density at radius 2 is 2.10 bits per heavy atom. The van der Waals surface area contributed by atoms with Crippen LogP contribution < -0.4 is 5.73 Å². The van der Waals surface area contributed by atoms with Crippen molar-refractivity contribution in [2.45, 2.75) is 32.4 Å². The Bertz CT molecular complexity index is 489. The van der Waals surface area contributed by atoms with Crippen molar-refractivity contribution in [1.29, 1.82) is 0 Å². The molecule has 1 aromatic carbocycles. The number of piperidine rings is 1. The van der Waals surface area contributed by atoms with Crippen LogP contribution in [0.2, 0.25) is 5.02 Å². The second kappa shape index (κ2) is 7.94. The van der Waals surface area contributed by atoms with Crippen molar-refractivity contribution in [2.24, 2.45) is 11.7 Å². The zero-order valence-electron chi connectivity index (χ0n) is 12.0. The third kappa shape index (κ3) is 4.81. The third-order valence-electron chi connectivity index (χ3n) is 4.01. The fourth-order valence-electron chi connectivity index (χ4n) is 2.74. The minimum Gasteiger partial charge on any atom is -0.328 e. The quantitative estimate of drug-likeness (QED) is 0.678. The molecule has 1 saturated heterocycles. The van der Waals surface area contributed by atoms with E-state index in [1.54, 1.807) is 12.1 Å². The Balaban J connectivity index is 0.00000220. The smallest absolute Gasteiger partial charge is 0.273 e. The van der Waals surface area contributed by atoms with E-state index in [0.717, 1.165) is 25.9 Å². The number of nitrogens with zero attached hydrogens (tertiary/aromatic N) is 2. The first-order valence-corrected chi connectivity index (χ1v) is 7.26. The number of rotatable bonds is 4. The van der Waals surface area contributed by atoms with Gasteiger partial charge in [-0.05, 0) is 50.9 Å². The number of halogens is 2. The Labute approximate surface area is 136 Å². The van der Waals surface area contributed by atoms with E-state index in [4.69, 9.17) is 17.3 Å². The molecule has 1 aliphatic rings. The SMILES string of the molecule is CC(N)C1CCN(Cc2cc(Cl)ccc2[N+](=O)[O-])CC1.Cl. The van der Waals surface area contributed by atoms with Crippen LogP contribution in [-0.2, 0) is 6.54 Å². The van der Waals surface area contributed by atoms with Gasteiger partial charge < -0.3 is 5.73 Å². The lowest BCUT2D eigenvalue weighted by atomic mass is 9.91. The van der Waals surface area contributed by atoms with E-state index in [-0.39, 0.29) is 29.1 Å². The number of nitrogens with two attached hydrogens (primary N) is 1. The monoisotopic (exact) mass is 333 g/mol. The molecule has 118 valence electrons. The topological polar surface area (TPSA) is 72.4 Å². The Morgan fingerprint density at radius 1 is 1.48 bits per heavy atom. The molecule has 0 amide bonds. The van der Waals surface area contributed by atoms with Gasteiger partial charge in [-0.25, -0.2) is 0 Å². The molecule has 2 N–H and O–H groups in total. The molecule has 7 heteroatoms. The van der Waals surface area contributed by atoms with Crippen molar-refractivity contribution in [3.05, 3.63) is 38.9 Å². The molecule has 0 bridgehead atoms. The molecule has 0 aliphatic carbocycles. The number of nitro benzene ring substituents is 1. The second-order valence-electron chi connectivity index (χ2n) is 5.50. The maximum Gasteiger partial charge on any atom is 0.273 e. The molecule has 1 aliphatic heterocycles. The highest BCUT2D eigenvalue weighted by atomic mass is 35.5. The van der Waals surface area contributed by atoms with Crippen LogP contribution in [0, 0.1) is 16.0 Å². The predicted molar refractivity (Wildman–Crippen MR) is 87.0 cm³/mol. The summed E-state index contributed by atoms with van der Waals surface area (Å²) in [5.74, 6) is 0.556. The largest absolute Gasteiger partial charge is 0.328 e. The van der Waals surface area contributed by atoms with Crippen LogP contribution in [0.4, 0.5) is 5.69 Å². The van der Waals surface area contributed by atoms with Gasteiger partial charge in [-0.15, -0.1) is 12.4 Å². The van der Waals surface area contributed by atoms with Gasteiger partial charge in [0, 0.05) is 29.2 Å². The summed E-state index contributed by atoms with van der Waals surface area (Å²) >= 11 is 5.95. The lowest BCUT2D eigenvalue weighted by molar-refractivity contribution is -0.385. The molecule has 0 aromatic heterocycles. The maximum atomic E-state index is 11.0. The van der Waals surface area contributed by atoms with Crippen molar-refractivity contribution in [3.63, 3.8) is 0 Å². The number of benzene rings is 1. The molecular weight excluding hydrogens is 313 g/mol. The molecule has 1 atom stereocenters. The van der Waals surface area contributed by atoms with Gasteiger partial charge in [-0.3, -0.25) is 15.0 Å². The zero-order chi connectivity index (χ0) is 14.7. The molecule has 0 saturated carbocycles. The predicted octanol–water partition coefficient (Wildman–Crippen LogP) is 3.23. The minimum atomic E-state index is -0.347. The van der Waals surface area contributed by atoms with Gasteiger partial charge in [0.05, 0.1) is 4.92 Å². The number of likely N-dealkylation sites (tertiary alicyclic amines) is 1. The highest BCUT2D eigenvalue weighted by molar-refractivity contribution is 6.30. The van der Waals surface area contributed by atoms with Crippen molar-refractivity contribution in [1.82, 2.24) is 4.90 Å². The summed E-state index contributed by atoms with van der Waals surface area (Å²) in [4.78, 5) is 12.9. The molecule has 0 radical (unpaired) electrons. The Morgan fingerprint density at radius 3 is 2.62 bits per heavy atom. The summed E-state index contributed by atoms with van der Waals surface area (Å²) < 4.78 is 0. The van der Waals surface area contributed by atoms with Crippen molar-refractivity contribution in [2.75, 3.05) is 13.1 Å². The van der Waals surface area contributed by atoms with Gasteiger partial charge in [-0.2, -0.15) is 0 Å². The van der Waals surface area contributed by atoms with E-state index >= 15 is 0 Å². The van der Waals surface area contributed by atoms with Gasteiger partial charge in [-0.1, -0.05) is 11.6 Å². The maximum absolute atomic E-state index is 11.0. The van der Waals surface area contributed by atoms with Crippen molar-refractivity contribution in [3.8, 4) is 0 Å². The Hall–Kier alpha value is -0.880. The summed E-state index contributed by atoms with van der Waals surface area (Å²) in [6.07, 6.45) is 2.10. The number of hydrogen-bond donors (Lipinski definition) is 1. The summed E-state index contributed by atoms with van der Waals surface area (Å²) in [5.41, 5.74) is 6.75. The van der Waals surface area contributed by atoms with E-state index in [9.17, 15) is 10.1 Å². The summed E-state index contributed by atoms with van der Waals surface area (Å²) in [6.45, 7) is 4.47. The van der Waals surface area contributed by atoms with E-state index < -0.39 is 0 Å². The lowest BCUT2D eigenvalue weighted by Crippen LogP contribution is -2.39. The van der Waals surface area contributed by atoms with Gasteiger partial charge >= 0.3 is 0 Å². The average molecular weight is 334 g/mol. The number of hydrogen-bond acceptors (Lipinski definition) is 4. The van der Waals surface area contributed by atoms with Crippen LogP contribution in [0.15, 0.2) is 18.2 Å². The van der Waals surface area contributed by atoms with E-state index in [0.29, 0.717) is 23.0 Å². The van der Waals surface area contributed by atoms with Gasteiger partial charge in [0.1, 0.15) is 0 Å².